The quantitative estimate of drug-likeness (QED) is 0.481. The van der Waals surface area contributed by atoms with Gasteiger partial charge < -0.3 is 15.7 Å². The van der Waals surface area contributed by atoms with Gasteiger partial charge in [0.2, 0.25) is 11.4 Å². The minimum atomic E-state index is -1.17. The summed E-state index contributed by atoms with van der Waals surface area (Å²) in [6.07, 6.45) is 0. The number of carboxylic acids is 1. The SMILES string of the molecule is O=C(O)CNC(=O)CNc1ccc([N+](=O)[O-])c2nonc12. The third-order valence-electron chi connectivity index (χ3n) is 2.47. The minimum Gasteiger partial charge on any atom is -0.480 e. The predicted molar refractivity (Wildman–Crippen MR) is 67.6 cm³/mol. The van der Waals surface area contributed by atoms with E-state index in [-0.39, 0.29) is 23.3 Å². The van der Waals surface area contributed by atoms with Gasteiger partial charge in [0.25, 0.3) is 0 Å². The molecule has 0 saturated heterocycles. The molecule has 0 aliphatic heterocycles. The lowest BCUT2D eigenvalue weighted by Crippen LogP contribution is -2.33. The fourth-order valence-electron chi connectivity index (χ4n) is 1.56. The van der Waals surface area contributed by atoms with Crippen LogP contribution in [0.3, 0.4) is 0 Å². The topological polar surface area (TPSA) is 160 Å². The van der Waals surface area contributed by atoms with E-state index in [9.17, 15) is 19.7 Å². The summed E-state index contributed by atoms with van der Waals surface area (Å²) in [6, 6.07) is 2.55. The molecule has 0 radical (unpaired) electrons. The number of nitro groups is 1. The van der Waals surface area contributed by atoms with E-state index in [1.807, 2.05) is 0 Å². The maximum Gasteiger partial charge on any atom is 0.322 e. The van der Waals surface area contributed by atoms with Crippen molar-refractivity contribution in [3.8, 4) is 0 Å². The zero-order chi connectivity index (χ0) is 15.4. The second kappa shape index (κ2) is 5.81. The lowest BCUT2D eigenvalue weighted by molar-refractivity contribution is -0.383. The van der Waals surface area contributed by atoms with E-state index in [0.29, 0.717) is 5.69 Å². The zero-order valence-corrected chi connectivity index (χ0v) is 10.4. The fraction of sp³-hybridized carbons (Fsp3) is 0.200. The van der Waals surface area contributed by atoms with Crippen LogP contribution in [0.1, 0.15) is 0 Å². The molecule has 0 aliphatic rings. The van der Waals surface area contributed by atoms with E-state index in [0.717, 1.165) is 0 Å². The molecule has 1 aromatic heterocycles. The maximum atomic E-state index is 11.4. The summed E-state index contributed by atoms with van der Waals surface area (Å²) in [5.74, 6) is -1.72. The number of rotatable bonds is 6. The third-order valence-corrected chi connectivity index (χ3v) is 2.47. The molecule has 110 valence electrons. The Morgan fingerprint density at radius 1 is 1.29 bits per heavy atom. The van der Waals surface area contributed by atoms with Crippen LogP contribution in [0, 0.1) is 10.1 Å². The van der Waals surface area contributed by atoms with E-state index >= 15 is 0 Å². The number of carbonyl (C=O) groups excluding carboxylic acids is 1. The van der Waals surface area contributed by atoms with Gasteiger partial charge >= 0.3 is 11.7 Å². The van der Waals surface area contributed by atoms with Crippen LogP contribution in [0.5, 0.6) is 0 Å². The third kappa shape index (κ3) is 3.20. The molecule has 2 rings (SSSR count). The Kier molecular flexibility index (Phi) is 3.92. The molecule has 2 aromatic rings. The van der Waals surface area contributed by atoms with Crippen LogP contribution in [0.25, 0.3) is 11.0 Å². The maximum absolute atomic E-state index is 11.4. The molecule has 0 aliphatic carbocycles. The summed E-state index contributed by atoms with van der Waals surface area (Å²) < 4.78 is 4.46. The summed E-state index contributed by atoms with van der Waals surface area (Å²) in [6.45, 7) is -0.727. The van der Waals surface area contributed by atoms with Crippen molar-refractivity contribution in [2.75, 3.05) is 18.4 Å². The summed E-state index contributed by atoms with van der Waals surface area (Å²) in [5.41, 5.74) is 0.0978. The number of fused-ring (bicyclic) bond motifs is 1. The average molecular weight is 295 g/mol. The van der Waals surface area contributed by atoms with Gasteiger partial charge in [0.1, 0.15) is 6.54 Å². The summed E-state index contributed by atoms with van der Waals surface area (Å²) in [5, 5.41) is 31.0. The Morgan fingerprint density at radius 3 is 2.67 bits per heavy atom. The number of nitrogens with zero attached hydrogens (tertiary/aromatic N) is 3. The highest BCUT2D eigenvalue weighted by atomic mass is 16.6. The van der Waals surface area contributed by atoms with Gasteiger partial charge in [-0.25, -0.2) is 4.63 Å². The first-order valence-electron chi connectivity index (χ1n) is 5.61. The number of nitro benzene ring substituents is 1. The van der Waals surface area contributed by atoms with Crippen molar-refractivity contribution < 1.29 is 24.2 Å². The van der Waals surface area contributed by atoms with E-state index in [1.54, 1.807) is 0 Å². The van der Waals surface area contributed by atoms with Crippen LogP contribution >= 0.6 is 0 Å². The molecule has 1 aromatic carbocycles. The average Bonchev–Trinajstić information content (AvgIpc) is 2.91. The van der Waals surface area contributed by atoms with E-state index in [1.165, 1.54) is 12.1 Å². The Balaban J connectivity index is 2.11. The van der Waals surface area contributed by atoms with Gasteiger partial charge in [-0.05, 0) is 16.4 Å². The predicted octanol–water partition coefficient (Wildman–Crippen LogP) is -0.256. The largest absolute Gasteiger partial charge is 0.480 e. The molecule has 0 atom stereocenters. The molecule has 1 amide bonds. The van der Waals surface area contributed by atoms with Crippen LogP contribution < -0.4 is 10.6 Å². The Hall–Kier alpha value is -3.24. The molecular formula is C10H9N5O6. The van der Waals surface area contributed by atoms with Crippen molar-refractivity contribution in [3.63, 3.8) is 0 Å². The monoisotopic (exact) mass is 295 g/mol. The molecule has 21 heavy (non-hydrogen) atoms. The molecule has 11 heteroatoms. The van der Waals surface area contributed by atoms with Crippen LogP contribution in [0.2, 0.25) is 0 Å². The lowest BCUT2D eigenvalue weighted by atomic mass is 10.2. The summed E-state index contributed by atoms with van der Waals surface area (Å²) in [7, 11) is 0. The van der Waals surface area contributed by atoms with Crippen LogP contribution in [-0.2, 0) is 9.59 Å². The van der Waals surface area contributed by atoms with Crippen LogP contribution in [0.15, 0.2) is 16.8 Å². The van der Waals surface area contributed by atoms with Crippen LogP contribution in [0.4, 0.5) is 11.4 Å². The fourth-order valence-corrected chi connectivity index (χ4v) is 1.56. The number of benzene rings is 1. The number of nitrogens with one attached hydrogen (secondary N) is 2. The molecule has 11 nitrogen and oxygen atoms in total. The van der Waals surface area contributed by atoms with Gasteiger partial charge in [0, 0.05) is 6.07 Å². The highest BCUT2D eigenvalue weighted by Gasteiger charge is 2.19. The van der Waals surface area contributed by atoms with Gasteiger partial charge in [-0.3, -0.25) is 19.7 Å². The van der Waals surface area contributed by atoms with Gasteiger partial charge in [-0.1, -0.05) is 0 Å². The van der Waals surface area contributed by atoms with Crippen LogP contribution in [-0.4, -0.2) is 45.3 Å². The molecule has 0 bridgehead atoms. The second-order valence-corrected chi connectivity index (χ2v) is 3.87. The van der Waals surface area contributed by atoms with Crippen molar-refractivity contribution in [3.05, 3.63) is 22.2 Å². The first kappa shape index (κ1) is 14.2. The first-order chi connectivity index (χ1) is 9.99. The lowest BCUT2D eigenvalue weighted by Gasteiger charge is -2.06. The number of hydrogen-bond donors (Lipinski definition) is 3. The zero-order valence-electron chi connectivity index (χ0n) is 10.4. The standard InChI is InChI=1S/C10H9N5O6/c16-7(12-4-8(17)18)3-11-5-1-2-6(15(19)20)10-9(5)13-21-14-10/h1-2,11H,3-4H2,(H,12,16)(H,17,18). The number of carboxylic acid groups (broad SMARTS) is 1. The smallest absolute Gasteiger partial charge is 0.322 e. The Bertz CT molecular complexity index is 711. The molecule has 0 unspecified atom stereocenters. The van der Waals surface area contributed by atoms with E-state index in [4.69, 9.17) is 5.11 Å². The minimum absolute atomic E-state index is 0.0454. The van der Waals surface area contributed by atoms with Crippen molar-refractivity contribution in [1.82, 2.24) is 15.6 Å². The number of hydrogen-bond acceptors (Lipinski definition) is 8. The van der Waals surface area contributed by atoms with Gasteiger partial charge in [0.05, 0.1) is 17.2 Å². The van der Waals surface area contributed by atoms with E-state index in [2.05, 4.69) is 25.6 Å². The summed E-state index contributed by atoms with van der Waals surface area (Å²) >= 11 is 0. The Morgan fingerprint density at radius 2 is 2.00 bits per heavy atom. The molecule has 0 spiro atoms. The highest BCUT2D eigenvalue weighted by Crippen LogP contribution is 2.28. The number of non-ortho nitro benzene ring substituents is 1. The van der Waals surface area contributed by atoms with Crippen molar-refractivity contribution in [2.24, 2.45) is 0 Å². The van der Waals surface area contributed by atoms with Crippen molar-refractivity contribution >= 4 is 34.3 Å². The second-order valence-electron chi connectivity index (χ2n) is 3.87. The number of aromatic nitrogens is 2. The van der Waals surface area contributed by atoms with E-state index < -0.39 is 23.3 Å². The summed E-state index contributed by atoms with van der Waals surface area (Å²) in [4.78, 5) is 31.8. The Labute approximate surface area is 116 Å². The number of aliphatic carboxylic acids is 1. The molecule has 0 saturated carbocycles. The normalized spacial score (nSPS) is 10.3. The van der Waals surface area contributed by atoms with Gasteiger partial charge in [-0.2, -0.15) is 0 Å². The number of anilines is 1. The van der Waals surface area contributed by atoms with Crippen molar-refractivity contribution in [2.45, 2.75) is 0 Å². The number of carbonyl (C=O) groups is 2. The molecule has 0 fully saturated rings. The highest BCUT2D eigenvalue weighted by molar-refractivity contribution is 5.94. The van der Waals surface area contributed by atoms with Gasteiger partial charge in [-0.15, -0.1) is 0 Å². The van der Waals surface area contributed by atoms with Crippen molar-refractivity contribution in [1.29, 1.82) is 0 Å². The number of amides is 1. The molecular weight excluding hydrogens is 286 g/mol. The van der Waals surface area contributed by atoms with Gasteiger partial charge in [0.15, 0.2) is 5.52 Å². The molecule has 1 heterocycles. The first-order valence-corrected chi connectivity index (χ1v) is 5.61. The molecule has 3 N–H and O–H groups in total.